The molecular weight excluding hydrogens is 798 g/mol. The van der Waals surface area contributed by atoms with Crippen LogP contribution in [0.3, 0.4) is 0 Å². The first-order chi connectivity index (χ1) is 27.7. The topological polar surface area (TPSA) is 122 Å². The van der Waals surface area contributed by atoms with E-state index in [4.69, 9.17) is 16.6 Å². The van der Waals surface area contributed by atoms with Crippen LogP contribution < -0.4 is 15.9 Å². The number of benzene rings is 2. The molecule has 1 atom stereocenters. The lowest BCUT2D eigenvalue weighted by Crippen LogP contribution is -2.45. The molecule has 0 spiro atoms. The Kier molecular flexibility index (Phi) is 11.0. The molecule has 2 aliphatic carbocycles. The highest BCUT2D eigenvalue weighted by Gasteiger charge is 2.35. The van der Waals surface area contributed by atoms with Gasteiger partial charge in [0.1, 0.15) is 23.0 Å². The molecule has 1 saturated heterocycles. The Morgan fingerprint density at radius 1 is 1.00 bits per heavy atom. The van der Waals surface area contributed by atoms with Crippen molar-refractivity contribution < 1.29 is 31.9 Å². The number of rotatable bonds is 8. The molecule has 0 bridgehead atoms. The third-order valence-corrected chi connectivity index (χ3v) is 13.6. The van der Waals surface area contributed by atoms with E-state index in [9.17, 15) is 32.3 Å². The summed E-state index contributed by atoms with van der Waals surface area (Å²) in [5.74, 6) is -1.28. The van der Waals surface area contributed by atoms with Crippen LogP contribution in [0.4, 0.5) is 28.9 Å². The number of aromatic nitrogens is 4. The number of imidazole rings is 1. The lowest BCUT2D eigenvalue weighted by atomic mass is 9.82. The fourth-order valence-electron chi connectivity index (χ4n) is 8.98. The second-order valence-corrected chi connectivity index (χ2v) is 17.3. The van der Waals surface area contributed by atoms with E-state index < -0.39 is 35.3 Å². The van der Waals surface area contributed by atoms with E-state index in [1.54, 1.807) is 28.3 Å². The monoisotopic (exact) mass is 839 g/mol. The van der Waals surface area contributed by atoms with Crippen LogP contribution in [0.1, 0.15) is 90.9 Å². The maximum atomic E-state index is 15.1. The van der Waals surface area contributed by atoms with E-state index in [-0.39, 0.29) is 41.7 Å². The molecule has 306 valence electrons. The van der Waals surface area contributed by atoms with Gasteiger partial charge in [-0.1, -0.05) is 17.7 Å². The average Bonchev–Trinajstić information content (AvgIpc) is 3.72. The molecule has 1 unspecified atom stereocenters. The van der Waals surface area contributed by atoms with E-state index in [0.717, 1.165) is 87.1 Å². The summed E-state index contributed by atoms with van der Waals surface area (Å²) < 4.78 is 58.1. The number of aryl methyl sites for hydroxylation is 1. The zero-order valence-corrected chi connectivity index (χ0v) is 33.5. The van der Waals surface area contributed by atoms with Crippen LogP contribution in [0.25, 0.3) is 21.3 Å². The molecule has 2 aromatic carbocycles. The number of pyridine rings is 1. The second kappa shape index (κ2) is 15.8. The lowest BCUT2D eigenvalue weighted by Gasteiger charge is -2.40. The Morgan fingerprint density at radius 2 is 1.74 bits per heavy atom. The number of halogens is 5. The number of ketones is 2. The Balaban J connectivity index is 0.868. The Bertz CT molecular complexity index is 2480. The molecule has 1 aliphatic heterocycles. The van der Waals surface area contributed by atoms with Crippen LogP contribution in [0.2, 0.25) is 5.02 Å². The fraction of sp³-hybridized carbons (Fsp3) is 0.463. The first-order valence-corrected chi connectivity index (χ1v) is 20.7. The third-order valence-electron chi connectivity index (χ3n) is 12.1. The summed E-state index contributed by atoms with van der Waals surface area (Å²) in [6, 6.07) is 8.99. The number of amides is 1. The molecule has 17 heteroatoms. The molecule has 58 heavy (non-hydrogen) atoms. The van der Waals surface area contributed by atoms with Crippen LogP contribution in [-0.4, -0.2) is 74.2 Å². The predicted molar refractivity (Wildman–Crippen MR) is 214 cm³/mol. The van der Waals surface area contributed by atoms with E-state index in [0.29, 0.717) is 44.7 Å². The van der Waals surface area contributed by atoms with Crippen molar-refractivity contribution in [3.05, 3.63) is 80.2 Å². The van der Waals surface area contributed by atoms with E-state index in [1.165, 1.54) is 23.5 Å². The second-order valence-electron chi connectivity index (χ2n) is 15.8. The number of piperidine rings is 1. The zero-order valence-electron chi connectivity index (χ0n) is 32.0. The molecular formula is C41H42ClF4N7O4S. The van der Waals surface area contributed by atoms with Gasteiger partial charge in [-0.25, -0.2) is 19.2 Å². The van der Waals surface area contributed by atoms with E-state index in [2.05, 4.69) is 27.1 Å². The molecule has 4 heterocycles. The fourth-order valence-corrected chi connectivity index (χ4v) is 10.4. The average molecular weight is 840 g/mol. The Labute approximate surface area is 340 Å². The maximum absolute atomic E-state index is 15.1. The van der Waals surface area contributed by atoms with Crippen molar-refractivity contribution >= 4 is 73.0 Å². The summed E-state index contributed by atoms with van der Waals surface area (Å²) >= 11 is 8.26. The van der Waals surface area contributed by atoms with Crippen molar-refractivity contribution in [2.75, 3.05) is 36.9 Å². The van der Waals surface area contributed by atoms with Gasteiger partial charge in [-0.3, -0.25) is 23.5 Å². The summed E-state index contributed by atoms with van der Waals surface area (Å²) in [5, 5.41) is 3.81. The molecule has 1 amide bonds. The minimum Gasteiger partial charge on any atom is -0.368 e. The number of alkyl halides is 3. The van der Waals surface area contributed by atoms with Gasteiger partial charge in [0.25, 0.3) is 5.91 Å². The number of hydrogen-bond donors (Lipinski definition) is 1. The number of fused-ring (bicyclic) bond motifs is 2. The summed E-state index contributed by atoms with van der Waals surface area (Å²) in [4.78, 5) is 63.8. The lowest BCUT2D eigenvalue weighted by molar-refractivity contribution is -0.141. The summed E-state index contributed by atoms with van der Waals surface area (Å²) in [6.07, 6.45) is 1.47. The Morgan fingerprint density at radius 3 is 2.45 bits per heavy atom. The number of carbonyl (C=O) groups excluding carboxylic acids is 3. The molecule has 2 saturated carbocycles. The zero-order chi connectivity index (χ0) is 41.0. The van der Waals surface area contributed by atoms with Gasteiger partial charge in [0, 0.05) is 51.1 Å². The van der Waals surface area contributed by atoms with Crippen LogP contribution in [0.15, 0.2) is 47.3 Å². The van der Waals surface area contributed by atoms with Gasteiger partial charge >= 0.3 is 11.9 Å². The summed E-state index contributed by atoms with van der Waals surface area (Å²) in [5.41, 5.74) is 0.487. The van der Waals surface area contributed by atoms with Gasteiger partial charge in [-0.05, 0) is 88.2 Å². The highest BCUT2D eigenvalue weighted by Crippen LogP contribution is 2.41. The predicted octanol–water partition coefficient (Wildman–Crippen LogP) is 8.15. The van der Waals surface area contributed by atoms with Crippen molar-refractivity contribution in [2.24, 2.45) is 13.0 Å². The third kappa shape index (κ3) is 7.77. The smallest absolute Gasteiger partial charge is 0.368 e. The van der Waals surface area contributed by atoms with Crippen molar-refractivity contribution in [3.63, 3.8) is 0 Å². The van der Waals surface area contributed by atoms with Gasteiger partial charge in [0.2, 0.25) is 0 Å². The van der Waals surface area contributed by atoms with Crippen LogP contribution in [-0.2, 0) is 22.8 Å². The van der Waals surface area contributed by atoms with Crippen molar-refractivity contribution in [2.45, 2.75) is 82.0 Å². The number of nitrogens with zero attached hydrogens (tertiary/aromatic N) is 6. The highest BCUT2D eigenvalue weighted by molar-refractivity contribution is 7.18. The molecule has 3 fully saturated rings. The Hall–Kier alpha value is -4.67. The van der Waals surface area contributed by atoms with Crippen LogP contribution >= 0.6 is 22.9 Å². The number of Topliss-reactive ketones (excluding diaryl/α,β-unsaturated/α-hetero) is 2. The van der Waals surface area contributed by atoms with Gasteiger partial charge < -0.3 is 15.1 Å². The van der Waals surface area contributed by atoms with E-state index >= 15 is 4.39 Å². The first-order valence-electron chi connectivity index (χ1n) is 19.5. The van der Waals surface area contributed by atoms with Crippen molar-refractivity contribution in [1.29, 1.82) is 0 Å². The van der Waals surface area contributed by atoms with Crippen molar-refractivity contribution in [3.8, 4) is 0 Å². The minimum absolute atomic E-state index is 0.0907. The number of carbonyl (C=O) groups is 3. The van der Waals surface area contributed by atoms with Crippen LogP contribution in [0, 0.1) is 11.7 Å². The summed E-state index contributed by atoms with van der Waals surface area (Å²) in [7, 11) is 3.88. The van der Waals surface area contributed by atoms with Crippen molar-refractivity contribution in [1.82, 2.24) is 24.0 Å². The van der Waals surface area contributed by atoms with Gasteiger partial charge in [0.05, 0.1) is 55.1 Å². The first kappa shape index (κ1) is 40.1. The molecule has 11 nitrogen and oxygen atoms in total. The van der Waals surface area contributed by atoms with Crippen LogP contribution in [0.5, 0.6) is 0 Å². The standard InChI is InChI=1S/C41H42ClF4N7O4S/c1-50(24-14-16-52(17-15-24)36-26(42)11-13-32-37(36)51(2)40(57)53(32)31-12-10-25(54)18-33(31)55)21-22-6-8-23(9-7-22)39-49-30-19-27(43)29(20-34(30)58-39)48-38(56)28-4-3-5-35(47-28)41(44,45)46/h3-5,11,13,19-20,22-24,31H,6-10,12,14-18,21H2,1-2H3,(H,48,56). The number of anilines is 2. The minimum atomic E-state index is -4.72. The molecule has 5 aromatic rings. The molecule has 0 radical (unpaired) electrons. The maximum Gasteiger partial charge on any atom is 0.433 e. The number of nitrogens with one attached hydrogen (secondary N) is 1. The van der Waals surface area contributed by atoms with Gasteiger partial charge in [-0.2, -0.15) is 13.2 Å². The normalized spacial score (nSPS) is 21.1. The van der Waals surface area contributed by atoms with E-state index in [1.807, 2.05) is 0 Å². The van der Waals surface area contributed by atoms with Gasteiger partial charge in [0.15, 0.2) is 5.78 Å². The van der Waals surface area contributed by atoms with Gasteiger partial charge in [-0.15, -0.1) is 11.3 Å². The SMILES string of the molecule is CN(CC1CCC(c2nc3cc(F)c(NC(=O)c4cccc(C(F)(F)F)n4)cc3s2)CC1)C1CCN(c2c(Cl)ccc3c2n(C)c(=O)n3C2CCC(=O)CC2=O)CC1. The highest BCUT2D eigenvalue weighted by atomic mass is 35.5. The quantitative estimate of drug-likeness (QED) is 0.123. The molecule has 3 aliphatic rings. The number of thiazole rings is 1. The number of hydrogen-bond acceptors (Lipinski definition) is 9. The summed E-state index contributed by atoms with van der Waals surface area (Å²) in [6.45, 7) is 2.46. The largest absolute Gasteiger partial charge is 0.433 e. The molecule has 8 rings (SSSR count). The molecule has 3 aromatic heterocycles. The molecule has 1 N–H and O–H groups in total.